The standard InChI is InChI=1S/C11H21N5O/c1-9(2)4-6-15(3)11(17)10-8-16(7-5-12)14-13-10/h8-9H,4-7,12H2,1-3H3. The second-order valence-electron chi connectivity index (χ2n) is 4.56. The van der Waals surface area contributed by atoms with Gasteiger partial charge in [-0.05, 0) is 12.3 Å². The molecule has 0 atom stereocenters. The van der Waals surface area contributed by atoms with E-state index in [4.69, 9.17) is 5.73 Å². The van der Waals surface area contributed by atoms with Crippen LogP contribution in [0.2, 0.25) is 0 Å². The summed E-state index contributed by atoms with van der Waals surface area (Å²) in [5, 5.41) is 7.69. The Morgan fingerprint density at radius 1 is 1.59 bits per heavy atom. The summed E-state index contributed by atoms with van der Waals surface area (Å²) in [5.74, 6) is 0.493. The van der Waals surface area contributed by atoms with Crippen LogP contribution in [0.5, 0.6) is 0 Å². The number of amides is 1. The molecule has 0 saturated carbocycles. The van der Waals surface area contributed by atoms with Crippen LogP contribution in [-0.4, -0.2) is 45.9 Å². The normalized spacial score (nSPS) is 10.9. The summed E-state index contributed by atoms with van der Waals surface area (Å²) in [6.07, 6.45) is 2.63. The second kappa shape index (κ2) is 6.34. The van der Waals surface area contributed by atoms with Crippen LogP contribution in [0.3, 0.4) is 0 Å². The van der Waals surface area contributed by atoms with Crippen molar-refractivity contribution >= 4 is 5.91 Å². The van der Waals surface area contributed by atoms with Gasteiger partial charge in [0.05, 0.1) is 12.7 Å². The molecule has 6 nitrogen and oxygen atoms in total. The smallest absolute Gasteiger partial charge is 0.275 e. The van der Waals surface area contributed by atoms with E-state index in [2.05, 4.69) is 24.2 Å². The molecule has 6 heteroatoms. The minimum Gasteiger partial charge on any atom is -0.340 e. The average molecular weight is 239 g/mol. The maximum absolute atomic E-state index is 12.0. The van der Waals surface area contributed by atoms with Crippen molar-refractivity contribution in [3.63, 3.8) is 0 Å². The molecule has 1 aromatic heterocycles. The Bertz CT molecular complexity index is 360. The lowest BCUT2D eigenvalue weighted by molar-refractivity contribution is 0.0783. The molecule has 0 spiro atoms. The molecule has 17 heavy (non-hydrogen) atoms. The van der Waals surface area contributed by atoms with Crippen LogP contribution in [0, 0.1) is 5.92 Å². The van der Waals surface area contributed by atoms with Crippen LogP contribution in [0.4, 0.5) is 0 Å². The van der Waals surface area contributed by atoms with Crippen molar-refractivity contribution in [1.82, 2.24) is 19.9 Å². The van der Waals surface area contributed by atoms with E-state index in [1.807, 2.05) is 0 Å². The molecule has 1 amide bonds. The minimum atomic E-state index is -0.0890. The number of nitrogens with zero attached hydrogens (tertiary/aromatic N) is 4. The second-order valence-corrected chi connectivity index (χ2v) is 4.56. The van der Waals surface area contributed by atoms with Gasteiger partial charge < -0.3 is 10.6 Å². The van der Waals surface area contributed by atoms with E-state index in [0.29, 0.717) is 24.7 Å². The summed E-state index contributed by atoms with van der Waals surface area (Å²) >= 11 is 0. The van der Waals surface area contributed by atoms with E-state index in [9.17, 15) is 4.79 Å². The fourth-order valence-corrected chi connectivity index (χ4v) is 1.39. The van der Waals surface area contributed by atoms with E-state index >= 15 is 0 Å². The van der Waals surface area contributed by atoms with Gasteiger partial charge in [-0.2, -0.15) is 0 Å². The van der Waals surface area contributed by atoms with Crippen LogP contribution in [-0.2, 0) is 6.54 Å². The molecule has 0 aliphatic rings. The number of hydrogen-bond donors (Lipinski definition) is 1. The molecule has 0 aliphatic heterocycles. The molecule has 0 radical (unpaired) electrons. The molecule has 0 aromatic carbocycles. The van der Waals surface area contributed by atoms with E-state index in [-0.39, 0.29) is 5.91 Å². The number of hydrogen-bond acceptors (Lipinski definition) is 4. The molecule has 1 heterocycles. The molecule has 1 rings (SSSR count). The molecule has 96 valence electrons. The zero-order chi connectivity index (χ0) is 12.8. The Balaban J connectivity index is 2.55. The number of rotatable bonds is 6. The number of nitrogens with two attached hydrogens (primary N) is 1. The molecular weight excluding hydrogens is 218 g/mol. The third kappa shape index (κ3) is 4.14. The Labute approximate surface area is 102 Å². The van der Waals surface area contributed by atoms with Gasteiger partial charge in [0, 0.05) is 20.1 Å². The van der Waals surface area contributed by atoms with Gasteiger partial charge in [-0.15, -0.1) is 5.10 Å². The first-order chi connectivity index (χ1) is 8.04. The lowest BCUT2D eigenvalue weighted by Crippen LogP contribution is -2.28. The van der Waals surface area contributed by atoms with E-state index in [1.54, 1.807) is 22.8 Å². The zero-order valence-corrected chi connectivity index (χ0v) is 10.8. The van der Waals surface area contributed by atoms with Crippen LogP contribution >= 0.6 is 0 Å². The largest absolute Gasteiger partial charge is 0.340 e. The molecule has 0 unspecified atom stereocenters. The minimum absolute atomic E-state index is 0.0890. The molecule has 1 aromatic rings. The third-order valence-corrected chi connectivity index (χ3v) is 2.50. The summed E-state index contributed by atoms with van der Waals surface area (Å²) in [4.78, 5) is 13.6. The van der Waals surface area contributed by atoms with E-state index in [1.165, 1.54) is 0 Å². The number of aromatic nitrogens is 3. The topological polar surface area (TPSA) is 77.0 Å². The van der Waals surface area contributed by atoms with E-state index in [0.717, 1.165) is 13.0 Å². The monoisotopic (exact) mass is 239 g/mol. The summed E-state index contributed by atoms with van der Waals surface area (Å²) < 4.78 is 1.59. The quantitative estimate of drug-likeness (QED) is 0.777. The van der Waals surface area contributed by atoms with Gasteiger partial charge in [0.1, 0.15) is 0 Å². The predicted molar refractivity (Wildman–Crippen MR) is 65.5 cm³/mol. The van der Waals surface area contributed by atoms with Crippen LogP contribution in [0.25, 0.3) is 0 Å². The molecule has 0 bridgehead atoms. The SMILES string of the molecule is CC(C)CCN(C)C(=O)c1cn(CCN)nn1. The van der Waals surface area contributed by atoms with Crippen molar-refractivity contribution in [3.05, 3.63) is 11.9 Å². The lowest BCUT2D eigenvalue weighted by Gasteiger charge is -2.16. The van der Waals surface area contributed by atoms with Gasteiger partial charge in [0.25, 0.3) is 5.91 Å². The summed E-state index contributed by atoms with van der Waals surface area (Å²) in [6.45, 7) is 6.07. The van der Waals surface area contributed by atoms with Gasteiger partial charge in [-0.25, -0.2) is 0 Å². The molecular formula is C11H21N5O. The molecule has 0 aliphatic carbocycles. The van der Waals surface area contributed by atoms with Gasteiger partial charge >= 0.3 is 0 Å². The summed E-state index contributed by atoms with van der Waals surface area (Å²) in [7, 11) is 1.78. The third-order valence-electron chi connectivity index (χ3n) is 2.50. The molecule has 0 saturated heterocycles. The van der Waals surface area contributed by atoms with Crippen molar-refractivity contribution in [3.8, 4) is 0 Å². The fourth-order valence-electron chi connectivity index (χ4n) is 1.39. The average Bonchev–Trinajstić information content (AvgIpc) is 2.74. The van der Waals surface area contributed by atoms with Gasteiger partial charge in [-0.1, -0.05) is 19.1 Å². The number of carbonyl (C=O) groups is 1. The van der Waals surface area contributed by atoms with Gasteiger partial charge in [-0.3, -0.25) is 9.48 Å². The van der Waals surface area contributed by atoms with Crippen LogP contribution in [0.15, 0.2) is 6.20 Å². The van der Waals surface area contributed by atoms with Crippen molar-refractivity contribution in [2.75, 3.05) is 20.1 Å². The first-order valence-corrected chi connectivity index (χ1v) is 5.90. The Kier molecular flexibility index (Phi) is 5.09. The maximum Gasteiger partial charge on any atom is 0.275 e. The molecule has 0 fully saturated rings. The zero-order valence-electron chi connectivity index (χ0n) is 10.8. The lowest BCUT2D eigenvalue weighted by atomic mass is 10.1. The highest BCUT2D eigenvalue weighted by Gasteiger charge is 2.15. The number of carbonyl (C=O) groups excluding carboxylic acids is 1. The van der Waals surface area contributed by atoms with Gasteiger partial charge in [0.15, 0.2) is 5.69 Å². The maximum atomic E-state index is 12.0. The van der Waals surface area contributed by atoms with Gasteiger partial charge in [0.2, 0.25) is 0 Å². The van der Waals surface area contributed by atoms with Crippen molar-refractivity contribution in [2.45, 2.75) is 26.8 Å². The van der Waals surface area contributed by atoms with Crippen molar-refractivity contribution in [2.24, 2.45) is 11.7 Å². The summed E-state index contributed by atoms with van der Waals surface area (Å²) in [5.41, 5.74) is 5.78. The van der Waals surface area contributed by atoms with Crippen molar-refractivity contribution < 1.29 is 4.79 Å². The van der Waals surface area contributed by atoms with E-state index < -0.39 is 0 Å². The molecule has 2 N–H and O–H groups in total. The highest BCUT2D eigenvalue weighted by molar-refractivity contribution is 5.91. The fraction of sp³-hybridized carbons (Fsp3) is 0.727. The summed E-state index contributed by atoms with van der Waals surface area (Å²) in [6, 6.07) is 0. The first kappa shape index (κ1) is 13.6. The Morgan fingerprint density at radius 3 is 2.88 bits per heavy atom. The van der Waals surface area contributed by atoms with Crippen molar-refractivity contribution in [1.29, 1.82) is 0 Å². The Morgan fingerprint density at radius 2 is 2.29 bits per heavy atom. The first-order valence-electron chi connectivity index (χ1n) is 5.90. The van der Waals surface area contributed by atoms with Crippen LogP contribution in [0.1, 0.15) is 30.8 Å². The Hall–Kier alpha value is -1.43. The highest BCUT2D eigenvalue weighted by atomic mass is 16.2. The van der Waals surface area contributed by atoms with Crippen LogP contribution < -0.4 is 5.73 Å². The predicted octanol–water partition coefficient (Wildman–Crippen LogP) is 0.355. The highest BCUT2D eigenvalue weighted by Crippen LogP contribution is 2.04.